The van der Waals surface area contributed by atoms with Crippen LogP contribution < -0.4 is 24.8 Å². The minimum atomic E-state index is 0.405. The van der Waals surface area contributed by atoms with Gasteiger partial charge in [0.05, 0.1) is 27.9 Å². The Morgan fingerprint density at radius 2 is 1.66 bits per heavy atom. The molecule has 0 fully saturated rings. The number of hydrogen-bond donors (Lipinski definition) is 2. The van der Waals surface area contributed by atoms with Crippen LogP contribution in [0.2, 0.25) is 0 Å². The summed E-state index contributed by atoms with van der Waals surface area (Å²) in [4.78, 5) is 5.97. The second-order valence-corrected chi connectivity index (χ2v) is 7.86. The van der Waals surface area contributed by atoms with Gasteiger partial charge in [-0.1, -0.05) is 25.1 Å². The van der Waals surface area contributed by atoms with E-state index in [-0.39, 0.29) is 0 Å². The number of hydrogen-bond acceptors (Lipinski definition) is 5. The predicted molar refractivity (Wildman–Crippen MR) is 121 cm³/mol. The number of ether oxygens (including phenoxy) is 3. The average molecular weight is 418 g/mol. The van der Waals surface area contributed by atoms with Crippen molar-refractivity contribution >= 4 is 17.7 Å². The minimum absolute atomic E-state index is 0.405. The molecule has 0 saturated carbocycles. The summed E-state index contributed by atoms with van der Waals surface area (Å²) in [5, 5.41) is 7.12. The maximum Gasteiger partial charge on any atom is 0.203 e. The second kappa shape index (κ2) is 12.1. The molecule has 158 valence electrons. The monoisotopic (exact) mass is 417 g/mol. The highest BCUT2D eigenvalue weighted by molar-refractivity contribution is 8.00. The Morgan fingerprint density at radius 1 is 1.00 bits per heavy atom. The third-order valence-corrected chi connectivity index (χ3v) is 5.24. The molecule has 0 amide bonds. The summed E-state index contributed by atoms with van der Waals surface area (Å²) >= 11 is 1.84. The van der Waals surface area contributed by atoms with Gasteiger partial charge in [0.25, 0.3) is 0 Å². The Kier molecular flexibility index (Phi) is 9.50. The first-order valence-corrected chi connectivity index (χ1v) is 10.5. The Labute approximate surface area is 178 Å². The van der Waals surface area contributed by atoms with Crippen LogP contribution in [-0.2, 0) is 6.54 Å². The molecule has 0 bridgehead atoms. The standard InChI is InChI=1S/C22H31N3O3S/c1-6-23-22(24-14-16(2)29-18-10-8-7-9-11-18)25-15-17-12-19(26-3)21(28-5)20(13-17)27-4/h7-13,16H,6,14-15H2,1-5H3,(H2,23,24,25). The van der Waals surface area contributed by atoms with Gasteiger partial charge in [-0.05, 0) is 36.8 Å². The third kappa shape index (κ3) is 7.09. The van der Waals surface area contributed by atoms with E-state index in [0.29, 0.717) is 29.0 Å². The zero-order valence-electron chi connectivity index (χ0n) is 17.8. The number of aliphatic imine (C=N–C) groups is 1. The molecule has 0 aliphatic carbocycles. The molecule has 6 nitrogen and oxygen atoms in total. The molecule has 0 spiro atoms. The smallest absolute Gasteiger partial charge is 0.203 e. The van der Waals surface area contributed by atoms with Crippen LogP contribution in [0.25, 0.3) is 0 Å². The molecule has 0 aliphatic rings. The van der Waals surface area contributed by atoms with E-state index < -0.39 is 0 Å². The fraction of sp³-hybridized carbons (Fsp3) is 0.409. The SMILES string of the molecule is CCNC(=NCc1cc(OC)c(OC)c(OC)c1)NCC(C)Sc1ccccc1. The topological polar surface area (TPSA) is 64.1 Å². The summed E-state index contributed by atoms with van der Waals surface area (Å²) in [6.45, 7) is 6.35. The first-order valence-electron chi connectivity index (χ1n) is 9.64. The van der Waals surface area contributed by atoms with Crippen LogP contribution in [0.4, 0.5) is 0 Å². The first-order chi connectivity index (χ1) is 14.1. The molecule has 7 heteroatoms. The van der Waals surface area contributed by atoms with Crippen molar-refractivity contribution in [3.05, 3.63) is 48.0 Å². The van der Waals surface area contributed by atoms with Gasteiger partial charge < -0.3 is 24.8 Å². The molecule has 0 radical (unpaired) electrons. The van der Waals surface area contributed by atoms with Crippen molar-refractivity contribution in [3.8, 4) is 17.2 Å². The van der Waals surface area contributed by atoms with Crippen LogP contribution in [0.3, 0.4) is 0 Å². The summed E-state index contributed by atoms with van der Waals surface area (Å²) in [7, 11) is 4.82. The van der Waals surface area contributed by atoms with Gasteiger partial charge in [-0.2, -0.15) is 0 Å². The van der Waals surface area contributed by atoms with Gasteiger partial charge in [0.2, 0.25) is 5.75 Å². The van der Waals surface area contributed by atoms with Crippen LogP contribution in [0.5, 0.6) is 17.2 Å². The van der Waals surface area contributed by atoms with E-state index >= 15 is 0 Å². The highest BCUT2D eigenvalue weighted by Crippen LogP contribution is 2.38. The number of rotatable bonds is 10. The van der Waals surface area contributed by atoms with Crippen LogP contribution in [-0.4, -0.2) is 45.6 Å². The lowest BCUT2D eigenvalue weighted by Crippen LogP contribution is -2.40. The number of methoxy groups -OCH3 is 3. The average Bonchev–Trinajstić information content (AvgIpc) is 2.75. The molecule has 0 saturated heterocycles. The maximum atomic E-state index is 5.42. The Balaban J connectivity index is 2.03. The van der Waals surface area contributed by atoms with Gasteiger partial charge in [-0.25, -0.2) is 4.99 Å². The van der Waals surface area contributed by atoms with Gasteiger partial charge in [-0.3, -0.25) is 0 Å². The third-order valence-electron chi connectivity index (χ3n) is 4.13. The molecule has 2 rings (SSSR count). The lowest BCUT2D eigenvalue weighted by atomic mass is 10.2. The number of guanidine groups is 1. The van der Waals surface area contributed by atoms with Gasteiger partial charge in [0, 0.05) is 23.2 Å². The normalized spacial score (nSPS) is 12.2. The van der Waals surface area contributed by atoms with Crippen molar-refractivity contribution in [2.24, 2.45) is 4.99 Å². The van der Waals surface area contributed by atoms with Gasteiger partial charge in [0.1, 0.15) is 0 Å². The van der Waals surface area contributed by atoms with Crippen LogP contribution in [0.15, 0.2) is 52.4 Å². The molecule has 2 aromatic carbocycles. The number of thioether (sulfide) groups is 1. The summed E-state index contributed by atoms with van der Waals surface area (Å²) in [6, 6.07) is 14.3. The quantitative estimate of drug-likeness (QED) is 0.347. The van der Waals surface area contributed by atoms with Crippen molar-refractivity contribution < 1.29 is 14.2 Å². The van der Waals surface area contributed by atoms with Gasteiger partial charge in [-0.15, -0.1) is 11.8 Å². The van der Waals surface area contributed by atoms with Crippen molar-refractivity contribution in [2.75, 3.05) is 34.4 Å². The Morgan fingerprint density at radius 3 is 2.21 bits per heavy atom. The minimum Gasteiger partial charge on any atom is -0.493 e. The zero-order valence-corrected chi connectivity index (χ0v) is 18.6. The van der Waals surface area contributed by atoms with Crippen molar-refractivity contribution in [1.82, 2.24) is 10.6 Å². The van der Waals surface area contributed by atoms with E-state index in [1.54, 1.807) is 21.3 Å². The van der Waals surface area contributed by atoms with E-state index in [2.05, 4.69) is 48.7 Å². The first kappa shape index (κ1) is 22.7. The molecule has 29 heavy (non-hydrogen) atoms. The maximum absolute atomic E-state index is 5.42. The van der Waals surface area contributed by atoms with Gasteiger partial charge >= 0.3 is 0 Å². The molecule has 0 aromatic heterocycles. The van der Waals surface area contributed by atoms with E-state index in [4.69, 9.17) is 19.2 Å². The molecule has 1 atom stereocenters. The number of benzene rings is 2. The fourth-order valence-corrected chi connectivity index (χ4v) is 3.70. The lowest BCUT2D eigenvalue weighted by molar-refractivity contribution is 0.324. The Bertz CT molecular complexity index is 759. The molecule has 1 unspecified atom stereocenters. The van der Waals surface area contributed by atoms with Crippen molar-refractivity contribution in [2.45, 2.75) is 30.5 Å². The predicted octanol–water partition coefficient (Wildman–Crippen LogP) is 3.95. The van der Waals surface area contributed by atoms with Crippen LogP contribution in [0, 0.1) is 0 Å². The van der Waals surface area contributed by atoms with E-state index in [0.717, 1.165) is 24.6 Å². The molecule has 0 aliphatic heterocycles. The largest absolute Gasteiger partial charge is 0.493 e. The molecular formula is C22H31N3O3S. The van der Waals surface area contributed by atoms with Crippen LogP contribution in [0.1, 0.15) is 19.4 Å². The second-order valence-electron chi connectivity index (χ2n) is 6.35. The van der Waals surface area contributed by atoms with E-state index in [9.17, 15) is 0 Å². The molecule has 2 N–H and O–H groups in total. The molecule has 0 heterocycles. The lowest BCUT2D eigenvalue weighted by Gasteiger charge is -2.16. The molecular weight excluding hydrogens is 386 g/mol. The number of nitrogens with zero attached hydrogens (tertiary/aromatic N) is 1. The fourth-order valence-electron chi connectivity index (χ4n) is 2.75. The van der Waals surface area contributed by atoms with Gasteiger partial charge in [0.15, 0.2) is 17.5 Å². The summed E-state index contributed by atoms with van der Waals surface area (Å²) in [5.41, 5.74) is 0.975. The summed E-state index contributed by atoms with van der Waals surface area (Å²) < 4.78 is 16.2. The Hall–Kier alpha value is -2.54. The molecule has 2 aromatic rings. The number of nitrogens with one attached hydrogen (secondary N) is 2. The summed E-state index contributed by atoms with van der Waals surface area (Å²) in [6.07, 6.45) is 0. The highest BCUT2D eigenvalue weighted by Gasteiger charge is 2.13. The van der Waals surface area contributed by atoms with Crippen molar-refractivity contribution in [3.63, 3.8) is 0 Å². The van der Waals surface area contributed by atoms with E-state index in [1.807, 2.05) is 30.0 Å². The zero-order chi connectivity index (χ0) is 21.1. The highest BCUT2D eigenvalue weighted by atomic mass is 32.2. The van der Waals surface area contributed by atoms with Crippen molar-refractivity contribution in [1.29, 1.82) is 0 Å². The van der Waals surface area contributed by atoms with E-state index in [1.165, 1.54) is 4.90 Å². The van der Waals surface area contributed by atoms with Crippen LogP contribution >= 0.6 is 11.8 Å². The summed E-state index contributed by atoms with van der Waals surface area (Å²) in [5.74, 6) is 2.62.